The average Bonchev–Trinajstić information content (AvgIpc) is 2.73. The van der Waals surface area contributed by atoms with Crippen LogP contribution in [-0.2, 0) is 4.79 Å². The van der Waals surface area contributed by atoms with E-state index in [4.69, 9.17) is 9.47 Å². The largest absolute Gasteiger partial charge is 0.497 e. The summed E-state index contributed by atoms with van der Waals surface area (Å²) in [5, 5.41) is 2.97. The van der Waals surface area contributed by atoms with Crippen molar-refractivity contribution in [1.29, 1.82) is 0 Å². The van der Waals surface area contributed by atoms with Gasteiger partial charge >= 0.3 is 0 Å². The van der Waals surface area contributed by atoms with Crippen LogP contribution >= 0.6 is 0 Å². The lowest BCUT2D eigenvalue weighted by Gasteiger charge is -2.33. The number of ether oxygens (including phenoxy) is 2. The van der Waals surface area contributed by atoms with Gasteiger partial charge in [-0.25, -0.2) is 0 Å². The summed E-state index contributed by atoms with van der Waals surface area (Å²) in [6, 6.07) is 12.9. The molecule has 1 saturated heterocycles. The number of hydrogen-bond acceptors (Lipinski definition) is 5. The lowest BCUT2D eigenvalue weighted by Crippen LogP contribution is -2.38. The first kappa shape index (κ1) is 18.8. The van der Waals surface area contributed by atoms with Crippen LogP contribution in [0.4, 0.5) is 11.4 Å². The van der Waals surface area contributed by atoms with E-state index in [1.165, 1.54) is 0 Å². The minimum atomic E-state index is -0.0345. The summed E-state index contributed by atoms with van der Waals surface area (Å²) >= 11 is 0. The van der Waals surface area contributed by atoms with Gasteiger partial charge in [-0.2, -0.15) is 0 Å². The van der Waals surface area contributed by atoms with Crippen LogP contribution in [0.3, 0.4) is 0 Å². The third-order valence-electron chi connectivity index (χ3n) is 4.88. The van der Waals surface area contributed by atoms with E-state index in [0.717, 1.165) is 37.9 Å². The second-order valence-corrected chi connectivity index (χ2v) is 6.56. The third kappa shape index (κ3) is 4.58. The molecule has 3 rings (SSSR count). The molecule has 0 spiro atoms. The lowest BCUT2D eigenvalue weighted by atomic mass is 9.95. The predicted octanol–water partition coefficient (Wildman–Crippen LogP) is 3.37. The normalized spacial score (nSPS) is 14.5. The van der Waals surface area contributed by atoms with Gasteiger partial charge in [0, 0.05) is 54.1 Å². The molecular weight excluding hydrogens is 344 g/mol. The topological polar surface area (TPSA) is 67.9 Å². The quantitative estimate of drug-likeness (QED) is 0.792. The molecule has 1 N–H and O–H groups in total. The summed E-state index contributed by atoms with van der Waals surface area (Å²) in [5.74, 6) is 1.26. The molecule has 1 heterocycles. The standard InChI is InChI=1S/C21H24N2O4/c1-26-19-11-17(12-20(13-19)27-2)22-21(25)16-7-9-23(10-8-16)18-5-3-15(14-24)4-6-18/h3-6,11-14,16H,7-10H2,1-2H3,(H,22,25). The molecule has 0 bridgehead atoms. The van der Waals surface area contributed by atoms with E-state index < -0.39 is 0 Å². The van der Waals surface area contributed by atoms with Crippen molar-refractivity contribution in [3.63, 3.8) is 0 Å². The first-order valence-corrected chi connectivity index (χ1v) is 8.97. The van der Waals surface area contributed by atoms with Gasteiger partial charge < -0.3 is 19.7 Å². The second kappa shape index (κ2) is 8.58. The van der Waals surface area contributed by atoms with Gasteiger partial charge in [0.05, 0.1) is 14.2 Å². The second-order valence-electron chi connectivity index (χ2n) is 6.56. The Morgan fingerprint density at radius 2 is 1.63 bits per heavy atom. The number of anilines is 2. The molecule has 6 heteroatoms. The summed E-state index contributed by atoms with van der Waals surface area (Å²) in [6.07, 6.45) is 2.40. The number of aldehydes is 1. The van der Waals surface area contributed by atoms with Crippen LogP contribution < -0.4 is 19.7 Å². The number of hydrogen-bond donors (Lipinski definition) is 1. The molecular formula is C21H24N2O4. The molecule has 1 aliphatic rings. The Morgan fingerprint density at radius 1 is 1.04 bits per heavy atom. The molecule has 0 atom stereocenters. The highest BCUT2D eigenvalue weighted by Gasteiger charge is 2.25. The molecule has 0 unspecified atom stereocenters. The zero-order valence-corrected chi connectivity index (χ0v) is 15.6. The molecule has 1 fully saturated rings. The van der Waals surface area contributed by atoms with Crippen molar-refractivity contribution in [3.05, 3.63) is 48.0 Å². The fraction of sp³-hybridized carbons (Fsp3) is 0.333. The number of amides is 1. The highest BCUT2D eigenvalue weighted by Crippen LogP contribution is 2.28. The fourth-order valence-corrected chi connectivity index (χ4v) is 3.29. The van der Waals surface area contributed by atoms with E-state index in [0.29, 0.717) is 22.7 Å². The summed E-state index contributed by atoms with van der Waals surface area (Å²) in [6.45, 7) is 1.61. The van der Waals surface area contributed by atoms with E-state index in [1.807, 2.05) is 24.3 Å². The number of carbonyl (C=O) groups excluding carboxylic acids is 2. The summed E-state index contributed by atoms with van der Waals surface area (Å²) in [7, 11) is 3.16. The molecule has 27 heavy (non-hydrogen) atoms. The van der Waals surface area contributed by atoms with Crippen LogP contribution in [0.1, 0.15) is 23.2 Å². The van der Waals surface area contributed by atoms with Gasteiger partial charge in [0.15, 0.2) is 0 Å². The minimum Gasteiger partial charge on any atom is -0.497 e. The van der Waals surface area contributed by atoms with Crippen molar-refractivity contribution in [1.82, 2.24) is 0 Å². The van der Waals surface area contributed by atoms with Gasteiger partial charge in [0.2, 0.25) is 5.91 Å². The van der Waals surface area contributed by atoms with Gasteiger partial charge in [0.25, 0.3) is 0 Å². The molecule has 0 radical (unpaired) electrons. The van der Waals surface area contributed by atoms with Crippen LogP contribution in [0.2, 0.25) is 0 Å². The van der Waals surface area contributed by atoms with E-state index >= 15 is 0 Å². The van der Waals surface area contributed by atoms with Gasteiger partial charge in [-0.3, -0.25) is 9.59 Å². The van der Waals surface area contributed by atoms with Crippen molar-refractivity contribution >= 4 is 23.6 Å². The van der Waals surface area contributed by atoms with E-state index in [-0.39, 0.29) is 11.8 Å². The number of benzene rings is 2. The Hall–Kier alpha value is -3.02. The molecule has 142 valence electrons. The van der Waals surface area contributed by atoms with E-state index in [9.17, 15) is 9.59 Å². The zero-order chi connectivity index (χ0) is 19.2. The van der Waals surface area contributed by atoms with Crippen LogP contribution in [0.25, 0.3) is 0 Å². The Kier molecular flexibility index (Phi) is 5.96. The average molecular weight is 368 g/mol. The number of rotatable bonds is 6. The van der Waals surface area contributed by atoms with Gasteiger partial charge in [-0.15, -0.1) is 0 Å². The monoisotopic (exact) mass is 368 g/mol. The van der Waals surface area contributed by atoms with E-state index in [2.05, 4.69) is 10.2 Å². The first-order valence-electron chi connectivity index (χ1n) is 8.97. The third-order valence-corrected chi connectivity index (χ3v) is 4.88. The Labute approximate surface area is 159 Å². The zero-order valence-electron chi connectivity index (χ0n) is 15.6. The maximum absolute atomic E-state index is 12.6. The van der Waals surface area contributed by atoms with Crippen molar-refractivity contribution in [2.24, 2.45) is 5.92 Å². The van der Waals surface area contributed by atoms with Crippen molar-refractivity contribution in [3.8, 4) is 11.5 Å². The Balaban J connectivity index is 1.59. The van der Waals surface area contributed by atoms with Crippen LogP contribution in [0.5, 0.6) is 11.5 Å². The SMILES string of the molecule is COc1cc(NC(=O)C2CCN(c3ccc(C=O)cc3)CC2)cc(OC)c1. The summed E-state index contributed by atoms with van der Waals surface area (Å²) in [4.78, 5) is 25.7. The molecule has 0 aromatic heterocycles. The molecule has 0 aliphatic carbocycles. The lowest BCUT2D eigenvalue weighted by molar-refractivity contribution is -0.120. The number of methoxy groups -OCH3 is 2. The number of nitrogens with zero attached hydrogens (tertiary/aromatic N) is 1. The minimum absolute atomic E-state index is 0.0151. The predicted molar refractivity (Wildman–Crippen MR) is 105 cm³/mol. The Bertz CT molecular complexity index is 774. The maximum atomic E-state index is 12.6. The van der Waals surface area contributed by atoms with Crippen LogP contribution in [0.15, 0.2) is 42.5 Å². The van der Waals surface area contributed by atoms with E-state index in [1.54, 1.807) is 32.4 Å². The molecule has 0 saturated carbocycles. The Morgan fingerprint density at radius 3 is 2.15 bits per heavy atom. The summed E-state index contributed by atoms with van der Waals surface area (Å²) in [5.41, 5.74) is 2.42. The van der Waals surface area contributed by atoms with Crippen LogP contribution in [-0.4, -0.2) is 39.5 Å². The van der Waals surface area contributed by atoms with Crippen molar-refractivity contribution in [2.75, 3.05) is 37.5 Å². The molecule has 2 aromatic carbocycles. The fourth-order valence-electron chi connectivity index (χ4n) is 3.29. The molecule has 6 nitrogen and oxygen atoms in total. The molecule has 2 aromatic rings. The van der Waals surface area contributed by atoms with Crippen molar-refractivity contribution < 1.29 is 19.1 Å². The summed E-state index contributed by atoms with van der Waals surface area (Å²) < 4.78 is 10.5. The molecule has 1 amide bonds. The highest BCUT2D eigenvalue weighted by atomic mass is 16.5. The highest BCUT2D eigenvalue weighted by molar-refractivity contribution is 5.93. The van der Waals surface area contributed by atoms with Gasteiger partial charge in [-0.05, 0) is 37.1 Å². The number of piperidine rings is 1. The van der Waals surface area contributed by atoms with Gasteiger partial charge in [0.1, 0.15) is 17.8 Å². The first-order chi connectivity index (χ1) is 13.1. The number of carbonyl (C=O) groups is 2. The van der Waals surface area contributed by atoms with Crippen LogP contribution in [0, 0.1) is 5.92 Å². The van der Waals surface area contributed by atoms with Gasteiger partial charge in [-0.1, -0.05) is 0 Å². The maximum Gasteiger partial charge on any atom is 0.227 e. The number of nitrogens with one attached hydrogen (secondary N) is 1. The smallest absolute Gasteiger partial charge is 0.227 e. The molecule has 1 aliphatic heterocycles. The van der Waals surface area contributed by atoms with Crippen molar-refractivity contribution in [2.45, 2.75) is 12.8 Å².